The van der Waals surface area contributed by atoms with Crippen molar-refractivity contribution < 1.29 is 4.79 Å². The Labute approximate surface area is 157 Å². The molecule has 0 spiro atoms. The van der Waals surface area contributed by atoms with E-state index in [1.54, 1.807) is 11.4 Å². The van der Waals surface area contributed by atoms with Crippen LogP contribution in [0.25, 0.3) is 16.6 Å². The molecule has 0 bridgehead atoms. The topological polar surface area (TPSA) is 63.4 Å². The zero-order valence-corrected chi connectivity index (χ0v) is 15.7. The van der Waals surface area contributed by atoms with Gasteiger partial charge in [-0.15, -0.1) is 5.10 Å². The number of nitrogens with zero attached hydrogens (tertiary/aromatic N) is 5. The number of aromatic nitrogens is 4. The molecular weight excluding hydrogens is 338 g/mol. The van der Waals surface area contributed by atoms with Crippen molar-refractivity contribution in [3.8, 4) is 0 Å². The molecule has 6 heteroatoms. The minimum absolute atomic E-state index is 0.0190. The van der Waals surface area contributed by atoms with Gasteiger partial charge in [-0.3, -0.25) is 4.79 Å². The van der Waals surface area contributed by atoms with Crippen LogP contribution in [0.1, 0.15) is 29.2 Å². The highest BCUT2D eigenvalue weighted by Crippen LogP contribution is 2.22. The predicted octanol–water partition coefficient (Wildman–Crippen LogP) is 3.44. The second kappa shape index (κ2) is 6.79. The zero-order valence-electron chi connectivity index (χ0n) is 15.7. The van der Waals surface area contributed by atoms with Gasteiger partial charge >= 0.3 is 0 Å². The minimum Gasteiger partial charge on any atom is -0.334 e. The second-order valence-electron chi connectivity index (χ2n) is 7.01. The third-order valence-electron chi connectivity index (χ3n) is 4.80. The first-order valence-corrected chi connectivity index (χ1v) is 8.92. The van der Waals surface area contributed by atoms with E-state index in [-0.39, 0.29) is 5.91 Å². The standard InChI is InChI=1S/C21H21N5O/c1-14-4-7-17(8-5-14)12-25(16(3)27)13-19-11-18-10-15(2)6-9-20(18)26-21(19)22-23-24-26/h4-11H,12-13H2,1-3H3. The van der Waals surface area contributed by atoms with Gasteiger partial charge in [-0.25, -0.2) is 0 Å². The Hall–Kier alpha value is -3.28. The first-order valence-electron chi connectivity index (χ1n) is 8.92. The Bertz CT molecular complexity index is 1130. The monoisotopic (exact) mass is 359 g/mol. The molecule has 0 aliphatic heterocycles. The summed E-state index contributed by atoms with van der Waals surface area (Å²) in [5.74, 6) is 0.0190. The van der Waals surface area contributed by atoms with Crippen LogP contribution >= 0.6 is 0 Å². The van der Waals surface area contributed by atoms with Gasteiger partial charge in [0.15, 0.2) is 5.65 Å². The Kier molecular flexibility index (Phi) is 4.32. The Morgan fingerprint density at radius 3 is 2.48 bits per heavy atom. The lowest BCUT2D eigenvalue weighted by Gasteiger charge is -2.22. The van der Waals surface area contributed by atoms with Crippen LogP contribution in [-0.2, 0) is 17.9 Å². The number of amides is 1. The van der Waals surface area contributed by atoms with Crippen LogP contribution in [0.5, 0.6) is 0 Å². The zero-order chi connectivity index (χ0) is 19.0. The molecule has 4 aromatic rings. The highest BCUT2D eigenvalue weighted by molar-refractivity contribution is 5.84. The van der Waals surface area contributed by atoms with Gasteiger partial charge in [0.1, 0.15) is 0 Å². The Balaban J connectivity index is 1.73. The average Bonchev–Trinajstić information content (AvgIpc) is 3.12. The first kappa shape index (κ1) is 17.1. The molecule has 27 heavy (non-hydrogen) atoms. The largest absolute Gasteiger partial charge is 0.334 e. The fourth-order valence-corrected chi connectivity index (χ4v) is 3.30. The number of aryl methyl sites for hydroxylation is 2. The molecule has 136 valence electrons. The molecule has 0 aliphatic rings. The molecule has 2 aromatic carbocycles. The fourth-order valence-electron chi connectivity index (χ4n) is 3.30. The SMILES string of the molecule is CC(=O)N(Cc1ccc(C)cc1)Cc1cc2cc(C)ccc2n2nnnc12. The van der Waals surface area contributed by atoms with E-state index in [1.165, 1.54) is 11.1 Å². The number of rotatable bonds is 4. The molecule has 0 fully saturated rings. The van der Waals surface area contributed by atoms with Crippen molar-refractivity contribution in [3.63, 3.8) is 0 Å². The van der Waals surface area contributed by atoms with Gasteiger partial charge in [-0.05, 0) is 48.0 Å². The fraction of sp³-hybridized carbons (Fsp3) is 0.238. The molecule has 1 amide bonds. The third-order valence-corrected chi connectivity index (χ3v) is 4.80. The molecule has 0 N–H and O–H groups in total. The second-order valence-corrected chi connectivity index (χ2v) is 7.01. The van der Waals surface area contributed by atoms with E-state index in [0.717, 1.165) is 22.0 Å². The highest BCUT2D eigenvalue weighted by Gasteiger charge is 2.16. The van der Waals surface area contributed by atoms with Gasteiger partial charge in [0, 0.05) is 31.0 Å². The molecule has 0 saturated carbocycles. The van der Waals surface area contributed by atoms with E-state index in [9.17, 15) is 4.79 Å². The van der Waals surface area contributed by atoms with Crippen LogP contribution in [0.3, 0.4) is 0 Å². The molecule has 2 aromatic heterocycles. The van der Waals surface area contributed by atoms with Crippen molar-refractivity contribution in [1.82, 2.24) is 24.9 Å². The van der Waals surface area contributed by atoms with Crippen LogP contribution in [0.2, 0.25) is 0 Å². The molecule has 6 nitrogen and oxygen atoms in total. The molecule has 0 unspecified atom stereocenters. The predicted molar refractivity (Wildman–Crippen MR) is 104 cm³/mol. The van der Waals surface area contributed by atoms with Crippen molar-refractivity contribution in [2.24, 2.45) is 0 Å². The first-order chi connectivity index (χ1) is 13.0. The van der Waals surface area contributed by atoms with Crippen molar-refractivity contribution in [2.75, 3.05) is 0 Å². The number of fused-ring (bicyclic) bond motifs is 3. The van der Waals surface area contributed by atoms with E-state index in [1.807, 2.05) is 17.0 Å². The van der Waals surface area contributed by atoms with Gasteiger partial charge < -0.3 is 4.90 Å². The quantitative estimate of drug-likeness (QED) is 0.560. The highest BCUT2D eigenvalue weighted by atomic mass is 16.2. The lowest BCUT2D eigenvalue weighted by atomic mass is 10.1. The summed E-state index contributed by atoms with van der Waals surface area (Å²) in [6.07, 6.45) is 0. The van der Waals surface area contributed by atoms with Crippen LogP contribution in [0.15, 0.2) is 48.5 Å². The summed E-state index contributed by atoms with van der Waals surface area (Å²) in [4.78, 5) is 14.1. The maximum atomic E-state index is 12.3. The summed E-state index contributed by atoms with van der Waals surface area (Å²) >= 11 is 0. The summed E-state index contributed by atoms with van der Waals surface area (Å²) in [7, 11) is 0. The summed E-state index contributed by atoms with van der Waals surface area (Å²) in [6, 6.07) is 16.5. The average molecular weight is 359 g/mol. The molecule has 0 aliphatic carbocycles. The van der Waals surface area contributed by atoms with Crippen molar-refractivity contribution >= 4 is 22.5 Å². The van der Waals surface area contributed by atoms with E-state index in [2.05, 4.69) is 65.8 Å². The third kappa shape index (κ3) is 3.38. The number of benzene rings is 2. The number of pyridine rings is 1. The maximum absolute atomic E-state index is 12.3. The summed E-state index contributed by atoms with van der Waals surface area (Å²) in [5, 5.41) is 13.2. The van der Waals surface area contributed by atoms with E-state index in [0.29, 0.717) is 18.7 Å². The van der Waals surface area contributed by atoms with E-state index in [4.69, 9.17) is 0 Å². The van der Waals surface area contributed by atoms with Gasteiger partial charge in [0.05, 0.1) is 5.52 Å². The molecular formula is C21H21N5O. The molecule has 2 heterocycles. The maximum Gasteiger partial charge on any atom is 0.220 e. The van der Waals surface area contributed by atoms with Gasteiger partial charge in [-0.2, -0.15) is 4.52 Å². The lowest BCUT2D eigenvalue weighted by molar-refractivity contribution is -0.130. The lowest BCUT2D eigenvalue weighted by Crippen LogP contribution is -2.28. The number of tetrazole rings is 1. The van der Waals surface area contributed by atoms with Gasteiger partial charge in [0.25, 0.3) is 0 Å². The number of carbonyl (C=O) groups is 1. The van der Waals surface area contributed by atoms with Crippen LogP contribution in [-0.4, -0.2) is 30.8 Å². The number of carbonyl (C=O) groups excluding carboxylic acids is 1. The summed E-state index contributed by atoms with van der Waals surface area (Å²) in [5.41, 5.74) is 6.04. The Morgan fingerprint density at radius 2 is 1.74 bits per heavy atom. The smallest absolute Gasteiger partial charge is 0.220 e. The molecule has 4 rings (SSSR count). The summed E-state index contributed by atoms with van der Waals surface area (Å²) in [6.45, 7) is 6.71. The van der Waals surface area contributed by atoms with Crippen molar-refractivity contribution in [3.05, 3.63) is 70.8 Å². The molecule has 0 atom stereocenters. The van der Waals surface area contributed by atoms with Gasteiger partial charge in [0.2, 0.25) is 5.91 Å². The minimum atomic E-state index is 0.0190. The summed E-state index contributed by atoms with van der Waals surface area (Å²) < 4.78 is 1.74. The van der Waals surface area contributed by atoms with Crippen LogP contribution in [0, 0.1) is 13.8 Å². The van der Waals surface area contributed by atoms with Crippen molar-refractivity contribution in [2.45, 2.75) is 33.9 Å². The van der Waals surface area contributed by atoms with Gasteiger partial charge in [-0.1, -0.05) is 41.5 Å². The normalized spacial score (nSPS) is 11.2. The van der Waals surface area contributed by atoms with Crippen LogP contribution < -0.4 is 0 Å². The molecule has 0 saturated heterocycles. The van der Waals surface area contributed by atoms with Crippen molar-refractivity contribution in [1.29, 1.82) is 0 Å². The number of hydrogen-bond acceptors (Lipinski definition) is 4. The molecule has 0 radical (unpaired) electrons. The van der Waals surface area contributed by atoms with Crippen LogP contribution in [0.4, 0.5) is 0 Å². The van der Waals surface area contributed by atoms with E-state index >= 15 is 0 Å². The number of hydrogen-bond donors (Lipinski definition) is 0. The van der Waals surface area contributed by atoms with E-state index < -0.39 is 0 Å². The Morgan fingerprint density at radius 1 is 1.00 bits per heavy atom.